The lowest BCUT2D eigenvalue weighted by atomic mass is 10.2. The van der Waals surface area contributed by atoms with Crippen LogP contribution in [0.1, 0.15) is 6.42 Å². The number of hydrogen-bond donors (Lipinski definition) is 3. The molecule has 0 atom stereocenters. The molecule has 1 rings (SSSR count). The third-order valence-corrected chi connectivity index (χ3v) is 2.05. The van der Waals surface area contributed by atoms with Crippen molar-refractivity contribution in [1.82, 2.24) is 5.32 Å². The van der Waals surface area contributed by atoms with E-state index in [1.54, 1.807) is 12.1 Å². The van der Waals surface area contributed by atoms with Gasteiger partial charge in [-0.25, -0.2) is 9.59 Å². The average Bonchev–Trinajstić information content (AvgIpc) is 2.30. The summed E-state index contributed by atoms with van der Waals surface area (Å²) in [6.07, 6.45) is 0.220. The Kier molecular flexibility index (Phi) is 4.75. The van der Waals surface area contributed by atoms with Gasteiger partial charge in [-0.2, -0.15) is 0 Å². The first-order valence-corrected chi connectivity index (χ1v) is 5.10. The molecule has 0 unspecified atom stereocenters. The van der Waals surface area contributed by atoms with Crippen LogP contribution in [0.5, 0.6) is 0 Å². The van der Waals surface area contributed by atoms with E-state index < -0.39 is 5.97 Å². The van der Waals surface area contributed by atoms with Crippen LogP contribution in [0.3, 0.4) is 0 Å². The molecule has 0 radical (unpaired) electrons. The van der Waals surface area contributed by atoms with Crippen molar-refractivity contribution in [2.45, 2.75) is 6.42 Å². The number of rotatable bonds is 5. The molecule has 0 spiro atoms. The normalized spacial score (nSPS) is 9.41. The molecular formula is C12H14N2O3. The van der Waals surface area contributed by atoms with Crippen molar-refractivity contribution in [3.8, 4) is 0 Å². The van der Waals surface area contributed by atoms with E-state index in [1.807, 2.05) is 18.2 Å². The lowest BCUT2D eigenvalue weighted by molar-refractivity contribution is -0.132. The topological polar surface area (TPSA) is 78.4 Å². The van der Waals surface area contributed by atoms with Gasteiger partial charge in [0.15, 0.2) is 0 Å². The number of carboxylic acids is 1. The minimum atomic E-state index is -1.05. The van der Waals surface area contributed by atoms with Crippen LogP contribution in [-0.2, 0) is 4.79 Å². The van der Waals surface area contributed by atoms with Crippen molar-refractivity contribution in [1.29, 1.82) is 0 Å². The molecule has 1 aromatic rings. The zero-order chi connectivity index (χ0) is 12.7. The molecule has 1 aromatic carbocycles. The number of nitrogens with one attached hydrogen (secondary N) is 2. The fourth-order valence-electron chi connectivity index (χ4n) is 1.13. The second-order valence-electron chi connectivity index (χ2n) is 3.41. The van der Waals surface area contributed by atoms with Crippen LogP contribution in [0.25, 0.3) is 0 Å². The van der Waals surface area contributed by atoms with Crippen molar-refractivity contribution >= 4 is 17.7 Å². The van der Waals surface area contributed by atoms with Crippen molar-refractivity contribution < 1.29 is 14.7 Å². The third-order valence-electron chi connectivity index (χ3n) is 2.05. The molecule has 2 amide bonds. The van der Waals surface area contributed by atoms with E-state index >= 15 is 0 Å². The first kappa shape index (κ1) is 12.8. The molecule has 90 valence electrons. The Bertz CT molecular complexity index is 415. The molecule has 3 N–H and O–H groups in total. The summed E-state index contributed by atoms with van der Waals surface area (Å²) in [6.45, 7) is 3.60. The van der Waals surface area contributed by atoms with Crippen LogP contribution in [0.15, 0.2) is 42.5 Å². The van der Waals surface area contributed by atoms with Crippen molar-refractivity contribution in [2.75, 3.05) is 11.9 Å². The Morgan fingerprint density at radius 3 is 2.47 bits per heavy atom. The summed E-state index contributed by atoms with van der Waals surface area (Å²) in [5.41, 5.74) is 0.757. The van der Waals surface area contributed by atoms with Crippen molar-refractivity contribution in [2.24, 2.45) is 0 Å². The highest BCUT2D eigenvalue weighted by molar-refractivity contribution is 5.89. The molecule has 0 bridgehead atoms. The van der Waals surface area contributed by atoms with Gasteiger partial charge in [-0.15, -0.1) is 0 Å². The molecule has 0 aromatic heterocycles. The quantitative estimate of drug-likeness (QED) is 0.680. The first-order valence-electron chi connectivity index (χ1n) is 5.10. The Labute approximate surface area is 99.1 Å². The Balaban J connectivity index is 2.27. The molecular weight excluding hydrogens is 220 g/mol. The van der Waals surface area contributed by atoms with Crippen LogP contribution in [0.2, 0.25) is 0 Å². The van der Waals surface area contributed by atoms with Gasteiger partial charge in [0, 0.05) is 17.8 Å². The number of carbonyl (C=O) groups excluding carboxylic acids is 1. The zero-order valence-corrected chi connectivity index (χ0v) is 9.27. The molecule has 0 aliphatic heterocycles. The van der Waals surface area contributed by atoms with Gasteiger partial charge in [0.2, 0.25) is 0 Å². The maximum Gasteiger partial charge on any atom is 0.331 e. The largest absolute Gasteiger partial charge is 0.478 e. The Morgan fingerprint density at radius 1 is 1.24 bits per heavy atom. The van der Waals surface area contributed by atoms with Gasteiger partial charge in [0.1, 0.15) is 0 Å². The highest BCUT2D eigenvalue weighted by atomic mass is 16.4. The smallest absolute Gasteiger partial charge is 0.331 e. The second-order valence-corrected chi connectivity index (χ2v) is 3.41. The van der Waals surface area contributed by atoms with Gasteiger partial charge >= 0.3 is 12.0 Å². The summed E-state index contributed by atoms with van der Waals surface area (Å²) in [6, 6.07) is 8.62. The Hall–Kier alpha value is -2.30. The number of carbonyl (C=O) groups is 2. The summed E-state index contributed by atoms with van der Waals surface area (Å²) in [5, 5.41) is 13.7. The third kappa shape index (κ3) is 4.83. The first-order chi connectivity index (χ1) is 8.09. The summed E-state index contributed by atoms with van der Waals surface area (Å²) < 4.78 is 0. The van der Waals surface area contributed by atoms with E-state index in [2.05, 4.69) is 17.2 Å². The van der Waals surface area contributed by atoms with Gasteiger partial charge in [0.25, 0.3) is 0 Å². The van der Waals surface area contributed by atoms with Gasteiger partial charge in [-0.05, 0) is 18.6 Å². The highest BCUT2D eigenvalue weighted by Gasteiger charge is 2.05. The van der Waals surface area contributed by atoms with Crippen LogP contribution in [0, 0.1) is 0 Å². The van der Waals surface area contributed by atoms with E-state index in [1.165, 1.54) is 0 Å². The molecule has 0 fully saturated rings. The second kappa shape index (κ2) is 6.32. The van der Waals surface area contributed by atoms with E-state index in [0.29, 0.717) is 5.69 Å². The average molecular weight is 234 g/mol. The molecule has 0 aliphatic rings. The fourth-order valence-corrected chi connectivity index (χ4v) is 1.13. The Morgan fingerprint density at radius 2 is 1.88 bits per heavy atom. The number of para-hydroxylation sites is 1. The summed E-state index contributed by atoms with van der Waals surface area (Å²) in [7, 11) is 0. The number of anilines is 1. The summed E-state index contributed by atoms with van der Waals surface area (Å²) in [4.78, 5) is 21.8. The monoisotopic (exact) mass is 234 g/mol. The van der Waals surface area contributed by atoms with Gasteiger partial charge < -0.3 is 15.7 Å². The summed E-state index contributed by atoms with van der Waals surface area (Å²) in [5.74, 6) is -1.05. The number of amides is 2. The van der Waals surface area contributed by atoms with Crippen molar-refractivity contribution in [3.63, 3.8) is 0 Å². The number of urea groups is 1. The number of carboxylic acid groups (broad SMARTS) is 1. The van der Waals surface area contributed by atoms with E-state index in [4.69, 9.17) is 5.11 Å². The van der Waals surface area contributed by atoms with Crippen LogP contribution in [-0.4, -0.2) is 23.7 Å². The molecule has 0 aliphatic carbocycles. The molecule has 17 heavy (non-hydrogen) atoms. The lowest BCUT2D eigenvalue weighted by Crippen LogP contribution is -2.30. The predicted octanol–water partition coefficient (Wildman–Crippen LogP) is 1.84. The molecule has 5 nitrogen and oxygen atoms in total. The van der Waals surface area contributed by atoms with Crippen LogP contribution < -0.4 is 10.6 Å². The van der Waals surface area contributed by atoms with E-state index in [0.717, 1.165) is 0 Å². The van der Waals surface area contributed by atoms with Crippen LogP contribution in [0.4, 0.5) is 10.5 Å². The standard InChI is InChI=1S/C12H14N2O3/c1-9(11(15)16)7-8-13-12(17)14-10-5-3-2-4-6-10/h2-6H,1,7-8H2,(H,15,16)(H2,13,14,17). The van der Waals surface area contributed by atoms with Gasteiger partial charge in [0.05, 0.1) is 0 Å². The minimum absolute atomic E-state index is 0.0741. The number of hydrogen-bond acceptors (Lipinski definition) is 2. The lowest BCUT2D eigenvalue weighted by Gasteiger charge is -2.07. The fraction of sp³-hybridized carbons (Fsp3) is 0.167. The molecule has 0 saturated heterocycles. The van der Waals surface area contributed by atoms with E-state index in [9.17, 15) is 9.59 Å². The SMILES string of the molecule is C=C(CCNC(=O)Nc1ccccc1)C(=O)O. The highest BCUT2D eigenvalue weighted by Crippen LogP contribution is 2.04. The number of benzene rings is 1. The van der Waals surface area contributed by atoms with Crippen LogP contribution >= 0.6 is 0 Å². The number of aliphatic carboxylic acids is 1. The molecule has 5 heteroatoms. The van der Waals surface area contributed by atoms with Crippen molar-refractivity contribution in [3.05, 3.63) is 42.5 Å². The maximum atomic E-state index is 11.4. The molecule has 0 saturated carbocycles. The molecule has 0 heterocycles. The zero-order valence-electron chi connectivity index (χ0n) is 9.27. The van der Waals surface area contributed by atoms with Gasteiger partial charge in [-0.1, -0.05) is 24.8 Å². The van der Waals surface area contributed by atoms with E-state index in [-0.39, 0.29) is 24.6 Å². The minimum Gasteiger partial charge on any atom is -0.478 e. The predicted molar refractivity (Wildman–Crippen MR) is 64.9 cm³/mol. The summed E-state index contributed by atoms with van der Waals surface area (Å²) >= 11 is 0. The maximum absolute atomic E-state index is 11.4. The van der Waals surface area contributed by atoms with Gasteiger partial charge in [-0.3, -0.25) is 0 Å².